The van der Waals surface area contributed by atoms with Gasteiger partial charge in [0, 0.05) is 57.6 Å². The topological polar surface area (TPSA) is 97.8 Å². The van der Waals surface area contributed by atoms with Crippen molar-refractivity contribution in [2.45, 2.75) is 25.6 Å². The number of amides is 2. The first kappa shape index (κ1) is 23.3. The van der Waals surface area contributed by atoms with E-state index in [-0.39, 0.29) is 24.5 Å². The number of benzene rings is 1. The summed E-state index contributed by atoms with van der Waals surface area (Å²) in [5.74, 6) is 0.0817. The van der Waals surface area contributed by atoms with Gasteiger partial charge in [-0.1, -0.05) is 12.1 Å². The first-order valence-corrected chi connectivity index (χ1v) is 12.0. The predicted molar refractivity (Wildman–Crippen MR) is 128 cm³/mol. The summed E-state index contributed by atoms with van der Waals surface area (Å²) in [6.07, 6.45) is 8.19. The van der Waals surface area contributed by atoms with Crippen LogP contribution in [0.5, 0.6) is 0 Å². The van der Waals surface area contributed by atoms with Gasteiger partial charge in [0.2, 0.25) is 5.91 Å². The molecule has 2 saturated heterocycles. The molecule has 2 aliphatic rings. The molecule has 9 nitrogen and oxygen atoms in total. The molecule has 0 aliphatic carbocycles. The van der Waals surface area contributed by atoms with Crippen LogP contribution in [0.25, 0.3) is 11.0 Å². The number of fused-ring (bicyclic) bond motifs is 1. The number of para-hydroxylation sites is 1. The third-order valence-corrected chi connectivity index (χ3v) is 6.57. The number of ether oxygens (including phenoxy) is 2. The van der Waals surface area contributed by atoms with Gasteiger partial charge < -0.3 is 19.3 Å². The van der Waals surface area contributed by atoms with Gasteiger partial charge in [0.15, 0.2) is 0 Å². The van der Waals surface area contributed by atoms with Crippen molar-refractivity contribution in [3.05, 3.63) is 66.2 Å². The smallest absolute Gasteiger partial charge is 0.256 e. The van der Waals surface area contributed by atoms with E-state index in [1.54, 1.807) is 41.8 Å². The van der Waals surface area contributed by atoms with Crippen molar-refractivity contribution in [2.24, 2.45) is 5.92 Å². The third kappa shape index (κ3) is 5.63. The van der Waals surface area contributed by atoms with Gasteiger partial charge in [0.05, 0.1) is 23.8 Å². The quantitative estimate of drug-likeness (QED) is 0.540. The van der Waals surface area contributed by atoms with E-state index in [4.69, 9.17) is 9.47 Å². The summed E-state index contributed by atoms with van der Waals surface area (Å²) in [6, 6.07) is 9.16. The van der Waals surface area contributed by atoms with Crippen molar-refractivity contribution in [3.8, 4) is 0 Å². The summed E-state index contributed by atoms with van der Waals surface area (Å²) in [4.78, 5) is 43.2. The van der Waals surface area contributed by atoms with Crippen molar-refractivity contribution in [3.63, 3.8) is 0 Å². The van der Waals surface area contributed by atoms with Gasteiger partial charge in [-0.05, 0) is 42.5 Å². The van der Waals surface area contributed by atoms with Crippen LogP contribution in [-0.4, -0.2) is 82.1 Å². The Hall–Kier alpha value is -3.43. The molecule has 1 atom stereocenters. The Kier molecular flexibility index (Phi) is 7.25. The highest BCUT2D eigenvalue weighted by Crippen LogP contribution is 2.21. The summed E-state index contributed by atoms with van der Waals surface area (Å²) in [6.45, 7) is 3.21. The van der Waals surface area contributed by atoms with Crippen LogP contribution in [0.1, 0.15) is 28.8 Å². The molecule has 4 heterocycles. The van der Waals surface area contributed by atoms with Crippen molar-refractivity contribution in [1.82, 2.24) is 24.8 Å². The number of carbonyl (C=O) groups is 2. The molecular formula is C26H29N5O4. The fraction of sp³-hybridized carbons (Fsp3) is 0.423. The van der Waals surface area contributed by atoms with Gasteiger partial charge in [-0.15, -0.1) is 0 Å². The van der Waals surface area contributed by atoms with E-state index >= 15 is 0 Å². The first-order chi connectivity index (χ1) is 17.2. The van der Waals surface area contributed by atoms with Gasteiger partial charge in [-0.25, -0.2) is 0 Å². The molecule has 3 aromatic rings. The van der Waals surface area contributed by atoms with Crippen LogP contribution in [0, 0.1) is 5.92 Å². The molecule has 1 aromatic carbocycles. The normalized spacial score (nSPS) is 19.7. The number of pyridine rings is 1. The SMILES string of the molecule is O=C1CN(C(=O)c2cccc3nccnc23)C[C@H](OCc2cccnc2)CN1CC1CCOCC1. The van der Waals surface area contributed by atoms with Crippen LogP contribution in [0.15, 0.2) is 55.1 Å². The van der Waals surface area contributed by atoms with Crippen LogP contribution in [0.3, 0.4) is 0 Å². The fourth-order valence-electron chi connectivity index (χ4n) is 4.69. The van der Waals surface area contributed by atoms with Crippen LogP contribution >= 0.6 is 0 Å². The zero-order valence-corrected chi connectivity index (χ0v) is 19.6. The molecule has 0 unspecified atom stereocenters. The lowest BCUT2D eigenvalue weighted by molar-refractivity contribution is -0.132. The lowest BCUT2D eigenvalue weighted by Gasteiger charge is -2.30. The van der Waals surface area contributed by atoms with E-state index in [0.717, 1.165) is 31.6 Å². The van der Waals surface area contributed by atoms with Crippen LogP contribution in [0.4, 0.5) is 0 Å². The fourth-order valence-corrected chi connectivity index (χ4v) is 4.69. The lowest BCUT2D eigenvalue weighted by Crippen LogP contribution is -2.42. The van der Waals surface area contributed by atoms with E-state index in [9.17, 15) is 9.59 Å². The van der Waals surface area contributed by atoms with E-state index in [1.165, 1.54) is 0 Å². The predicted octanol–water partition coefficient (Wildman–Crippen LogP) is 2.32. The maximum atomic E-state index is 13.6. The Labute approximate surface area is 204 Å². The second kappa shape index (κ2) is 10.9. The Morgan fingerprint density at radius 1 is 1.06 bits per heavy atom. The van der Waals surface area contributed by atoms with E-state index < -0.39 is 0 Å². The summed E-state index contributed by atoms with van der Waals surface area (Å²) in [7, 11) is 0. The molecule has 5 rings (SSSR count). The third-order valence-electron chi connectivity index (χ3n) is 6.57. The highest BCUT2D eigenvalue weighted by Gasteiger charge is 2.33. The first-order valence-electron chi connectivity index (χ1n) is 12.0. The molecule has 0 spiro atoms. The molecule has 0 bridgehead atoms. The molecule has 35 heavy (non-hydrogen) atoms. The summed E-state index contributed by atoms with van der Waals surface area (Å²) in [5.41, 5.74) is 2.56. The Bertz CT molecular complexity index is 1160. The Morgan fingerprint density at radius 2 is 1.91 bits per heavy atom. The molecule has 2 amide bonds. The van der Waals surface area contributed by atoms with Crippen molar-refractivity contribution >= 4 is 22.8 Å². The van der Waals surface area contributed by atoms with Gasteiger partial charge in [-0.2, -0.15) is 0 Å². The largest absolute Gasteiger partial charge is 0.381 e. The van der Waals surface area contributed by atoms with E-state index in [2.05, 4.69) is 15.0 Å². The standard InChI is InChI=1S/C26H29N5O4/c32-24-17-31(26(33)22-4-1-5-23-25(22)29-10-9-28-23)16-21(35-18-20-3-2-8-27-13-20)15-30(24)14-19-6-11-34-12-7-19/h1-5,8-10,13,19,21H,6-7,11-12,14-18H2/t21-/m1/s1. The van der Waals surface area contributed by atoms with Gasteiger partial charge >= 0.3 is 0 Å². The van der Waals surface area contributed by atoms with E-state index in [0.29, 0.717) is 48.8 Å². The van der Waals surface area contributed by atoms with Gasteiger partial charge in [-0.3, -0.25) is 24.5 Å². The average Bonchev–Trinajstić information content (AvgIpc) is 3.06. The molecular weight excluding hydrogens is 446 g/mol. The molecule has 2 fully saturated rings. The number of hydrogen-bond acceptors (Lipinski definition) is 7. The minimum atomic E-state index is -0.327. The molecule has 0 N–H and O–H groups in total. The van der Waals surface area contributed by atoms with E-state index in [1.807, 2.05) is 23.1 Å². The summed E-state index contributed by atoms with van der Waals surface area (Å²) in [5, 5.41) is 0. The van der Waals surface area contributed by atoms with Crippen molar-refractivity contribution in [2.75, 3.05) is 39.4 Å². The second-order valence-corrected chi connectivity index (χ2v) is 9.06. The van der Waals surface area contributed by atoms with Crippen LogP contribution in [-0.2, 0) is 20.9 Å². The summed E-state index contributed by atoms with van der Waals surface area (Å²) >= 11 is 0. The zero-order valence-electron chi connectivity index (χ0n) is 19.6. The minimum absolute atomic E-state index is 0.00541. The summed E-state index contributed by atoms with van der Waals surface area (Å²) < 4.78 is 11.7. The monoisotopic (exact) mass is 475 g/mol. The Balaban J connectivity index is 1.37. The van der Waals surface area contributed by atoms with Crippen molar-refractivity contribution in [1.29, 1.82) is 0 Å². The highest BCUT2D eigenvalue weighted by atomic mass is 16.5. The molecule has 2 aromatic heterocycles. The minimum Gasteiger partial charge on any atom is -0.381 e. The van der Waals surface area contributed by atoms with Gasteiger partial charge in [0.1, 0.15) is 12.1 Å². The number of nitrogens with zero attached hydrogens (tertiary/aromatic N) is 5. The van der Waals surface area contributed by atoms with Crippen LogP contribution in [0.2, 0.25) is 0 Å². The van der Waals surface area contributed by atoms with Gasteiger partial charge in [0.25, 0.3) is 5.91 Å². The number of aromatic nitrogens is 3. The average molecular weight is 476 g/mol. The number of rotatable bonds is 6. The molecule has 9 heteroatoms. The molecule has 0 radical (unpaired) electrons. The molecule has 0 saturated carbocycles. The number of hydrogen-bond donors (Lipinski definition) is 0. The Morgan fingerprint density at radius 3 is 2.74 bits per heavy atom. The lowest BCUT2D eigenvalue weighted by atomic mass is 9.99. The zero-order chi connectivity index (χ0) is 24.0. The second-order valence-electron chi connectivity index (χ2n) is 9.06. The molecule has 2 aliphatic heterocycles. The van der Waals surface area contributed by atoms with Crippen molar-refractivity contribution < 1.29 is 19.1 Å². The molecule has 182 valence electrons. The highest BCUT2D eigenvalue weighted by molar-refractivity contribution is 6.05. The maximum absolute atomic E-state index is 13.6. The maximum Gasteiger partial charge on any atom is 0.256 e. The van der Waals surface area contributed by atoms with Crippen LogP contribution < -0.4 is 0 Å². The number of carbonyl (C=O) groups excluding carboxylic acids is 2.